The molecule has 0 aromatic rings. The normalized spacial score (nSPS) is 12.9. The van der Waals surface area contributed by atoms with E-state index in [0.29, 0.717) is 13.0 Å². The molecule has 0 saturated carbocycles. The van der Waals surface area contributed by atoms with Crippen molar-refractivity contribution in [2.75, 3.05) is 6.54 Å². The third-order valence-electron chi connectivity index (χ3n) is 1.97. The summed E-state index contributed by atoms with van der Waals surface area (Å²) in [6.07, 6.45) is 2.44. The highest BCUT2D eigenvalue weighted by atomic mass is 16.1. The highest BCUT2D eigenvalue weighted by Gasteiger charge is 2.15. The molecule has 0 amide bonds. The Morgan fingerprint density at radius 3 is 2.54 bits per heavy atom. The summed E-state index contributed by atoms with van der Waals surface area (Å²) in [4.78, 5) is 11.3. The molecule has 0 fully saturated rings. The number of carbonyl (C=O) groups is 1. The van der Waals surface area contributed by atoms with Gasteiger partial charge in [0.05, 0.1) is 12.6 Å². The van der Waals surface area contributed by atoms with Gasteiger partial charge in [0.15, 0.2) is 5.78 Å². The van der Waals surface area contributed by atoms with Gasteiger partial charge in [0, 0.05) is 5.92 Å². The van der Waals surface area contributed by atoms with Crippen LogP contribution < -0.4 is 5.73 Å². The van der Waals surface area contributed by atoms with Crippen LogP contribution in [0.1, 0.15) is 33.1 Å². The SMILES string of the molecule is CC(C)C(=O)C(N)CCCCN=N. The Morgan fingerprint density at radius 1 is 1.46 bits per heavy atom. The Kier molecular flexibility index (Phi) is 6.32. The van der Waals surface area contributed by atoms with Crippen LogP contribution in [-0.4, -0.2) is 18.4 Å². The van der Waals surface area contributed by atoms with Gasteiger partial charge in [-0.15, -0.1) is 0 Å². The smallest absolute Gasteiger partial charge is 0.152 e. The standard InChI is InChI=1S/C9H19N3O/c1-7(2)9(13)8(10)5-3-4-6-12-11/h7-8,11H,3-6,10H2,1-2H3. The minimum Gasteiger partial charge on any atom is -0.321 e. The lowest BCUT2D eigenvalue weighted by Crippen LogP contribution is -2.33. The van der Waals surface area contributed by atoms with Crippen LogP contribution in [-0.2, 0) is 4.79 Å². The fourth-order valence-corrected chi connectivity index (χ4v) is 1.13. The molecule has 1 unspecified atom stereocenters. The molecule has 0 aromatic carbocycles. The van der Waals surface area contributed by atoms with Crippen molar-refractivity contribution in [3.8, 4) is 0 Å². The Bertz CT molecular complexity index is 168. The van der Waals surface area contributed by atoms with Crippen molar-refractivity contribution >= 4 is 5.78 Å². The molecule has 0 aliphatic carbocycles. The number of carbonyl (C=O) groups excluding carboxylic acids is 1. The summed E-state index contributed by atoms with van der Waals surface area (Å²) in [6.45, 7) is 4.27. The minimum absolute atomic E-state index is 0.0239. The van der Waals surface area contributed by atoms with Gasteiger partial charge in [0.1, 0.15) is 0 Å². The molecule has 76 valence electrons. The summed E-state index contributed by atoms with van der Waals surface area (Å²) in [7, 11) is 0. The van der Waals surface area contributed by atoms with E-state index in [1.807, 2.05) is 13.8 Å². The van der Waals surface area contributed by atoms with Crippen molar-refractivity contribution in [1.29, 1.82) is 5.53 Å². The topological polar surface area (TPSA) is 79.3 Å². The van der Waals surface area contributed by atoms with Crippen LogP contribution >= 0.6 is 0 Å². The average molecular weight is 185 g/mol. The predicted molar refractivity (Wildman–Crippen MR) is 51.7 cm³/mol. The molecule has 4 nitrogen and oxygen atoms in total. The second-order valence-corrected chi connectivity index (χ2v) is 3.54. The van der Waals surface area contributed by atoms with Gasteiger partial charge in [-0.25, -0.2) is 5.53 Å². The quantitative estimate of drug-likeness (QED) is 0.468. The Hall–Kier alpha value is -0.770. The summed E-state index contributed by atoms with van der Waals surface area (Å²) in [6, 6.07) is -0.328. The van der Waals surface area contributed by atoms with Crippen molar-refractivity contribution in [3.05, 3.63) is 0 Å². The second-order valence-electron chi connectivity index (χ2n) is 3.54. The maximum atomic E-state index is 11.3. The fourth-order valence-electron chi connectivity index (χ4n) is 1.13. The number of rotatable bonds is 7. The highest BCUT2D eigenvalue weighted by Crippen LogP contribution is 2.05. The first-order chi connectivity index (χ1) is 6.09. The molecule has 0 aromatic heterocycles. The number of unbranched alkanes of at least 4 members (excludes halogenated alkanes) is 1. The number of Topliss-reactive ketones (excluding diaryl/α,β-unsaturated/α-hetero) is 1. The number of nitrogens with one attached hydrogen (secondary N) is 1. The monoisotopic (exact) mass is 185 g/mol. The van der Waals surface area contributed by atoms with Crippen molar-refractivity contribution in [1.82, 2.24) is 0 Å². The van der Waals surface area contributed by atoms with Crippen LogP contribution in [0.4, 0.5) is 0 Å². The number of nitrogens with two attached hydrogens (primary N) is 1. The lowest BCUT2D eigenvalue weighted by atomic mass is 9.98. The van der Waals surface area contributed by atoms with Crippen LogP contribution in [0.2, 0.25) is 0 Å². The van der Waals surface area contributed by atoms with Crippen LogP contribution in [0.15, 0.2) is 5.11 Å². The van der Waals surface area contributed by atoms with E-state index in [1.54, 1.807) is 0 Å². The molecule has 0 aliphatic rings. The Labute approximate surface area is 79.4 Å². The minimum atomic E-state index is -0.328. The molecule has 1 atom stereocenters. The van der Waals surface area contributed by atoms with Gasteiger partial charge in [0.25, 0.3) is 0 Å². The summed E-state index contributed by atoms with van der Waals surface area (Å²) < 4.78 is 0. The molecule has 0 heterocycles. The zero-order valence-electron chi connectivity index (χ0n) is 8.42. The first-order valence-electron chi connectivity index (χ1n) is 4.72. The molecule has 13 heavy (non-hydrogen) atoms. The summed E-state index contributed by atoms with van der Waals surface area (Å²) in [5, 5.41) is 3.24. The van der Waals surface area contributed by atoms with Gasteiger partial charge < -0.3 is 5.73 Å². The molecule has 0 radical (unpaired) electrons. The molecule has 3 N–H and O–H groups in total. The van der Waals surface area contributed by atoms with Crippen molar-refractivity contribution in [2.45, 2.75) is 39.2 Å². The summed E-state index contributed by atoms with van der Waals surface area (Å²) in [5.41, 5.74) is 12.2. The third-order valence-corrected chi connectivity index (χ3v) is 1.97. The van der Waals surface area contributed by atoms with Crippen LogP contribution in [0.3, 0.4) is 0 Å². The summed E-state index contributed by atoms with van der Waals surface area (Å²) in [5.74, 6) is 0.152. The molecule has 0 rings (SSSR count). The van der Waals surface area contributed by atoms with E-state index in [4.69, 9.17) is 11.3 Å². The zero-order chi connectivity index (χ0) is 10.3. The van der Waals surface area contributed by atoms with Crippen molar-refractivity contribution < 1.29 is 4.79 Å². The number of ketones is 1. The number of nitrogens with zero attached hydrogens (tertiary/aromatic N) is 1. The molecule has 0 bridgehead atoms. The average Bonchev–Trinajstić information content (AvgIpc) is 2.10. The maximum Gasteiger partial charge on any atom is 0.152 e. The first-order valence-corrected chi connectivity index (χ1v) is 4.72. The Balaban J connectivity index is 3.55. The predicted octanol–water partition coefficient (Wildman–Crippen LogP) is 1.74. The van der Waals surface area contributed by atoms with Crippen molar-refractivity contribution in [2.24, 2.45) is 16.8 Å². The maximum absolute atomic E-state index is 11.3. The molecule has 4 heteroatoms. The van der Waals surface area contributed by atoms with E-state index in [-0.39, 0.29) is 17.7 Å². The largest absolute Gasteiger partial charge is 0.321 e. The van der Waals surface area contributed by atoms with E-state index >= 15 is 0 Å². The lowest BCUT2D eigenvalue weighted by Gasteiger charge is -2.11. The van der Waals surface area contributed by atoms with Gasteiger partial charge in [0.2, 0.25) is 0 Å². The van der Waals surface area contributed by atoms with Gasteiger partial charge in [-0.3, -0.25) is 4.79 Å². The fraction of sp³-hybridized carbons (Fsp3) is 0.889. The van der Waals surface area contributed by atoms with Gasteiger partial charge >= 0.3 is 0 Å². The van der Waals surface area contributed by atoms with E-state index in [1.165, 1.54) is 0 Å². The molecular formula is C9H19N3O. The molecular weight excluding hydrogens is 166 g/mol. The highest BCUT2D eigenvalue weighted by molar-refractivity contribution is 5.85. The third kappa shape index (κ3) is 5.47. The van der Waals surface area contributed by atoms with Crippen LogP contribution in [0, 0.1) is 11.4 Å². The second kappa shape index (κ2) is 6.71. The summed E-state index contributed by atoms with van der Waals surface area (Å²) >= 11 is 0. The van der Waals surface area contributed by atoms with E-state index in [2.05, 4.69) is 5.11 Å². The molecule has 0 spiro atoms. The van der Waals surface area contributed by atoms with Gasteiger partial charge in [-0.2, -0.15) is 5.11 Å². The number of hydrogen-bond acceptors (Lipinski definition) is 4. The van der Waals surface area contributed by atoms with Crippen LogP contribution in [0.5, 0.6) is 0 Å². The van der Waals surface area contributed by atoms with E-state index < -0.39 is 0 Å². The van der Waals surface area contributed by atoms with Gasteiger partial charge in [-0.1, -0.05) is 13.8 Å². The lowest BCUT2D eigenvalue weighted by molar-refractivity contribution is -0.123. The molecule has 0 aliphatic heterocycles. The first kappa shape index (κ1) is 12.2. The van der Waals surface area contributed by atoms with Gasteiger partial charge in [-0.05, 0) is 19.3 Å². The van der Waals surface area contributed by atoms with E-state index in [9.17, 15) is 4.79 Å². The molecule has 0 saturated heterocycles. The number of hydrogen-bond donors (Lipinski definition) is 2. The van der Waals surface area contributed by atoms with E-state index in [0.717, 1.165) is 12.8 Å². The zero-order valence-corrected chi connectivity index (χ0v) is 8.42. The van der Waals surface area contributed by atoms with Crippen molar-refractivity contribution in [3.63, 3.8) is 0 Å². The Morgan fingerprint density at radius 2 is 2.08 bits per heavy atom. The van der Waals surface area contributed by atoms with Crippen LogP contribution in [0.25, 0.3) is 0 Å².